The molecule has 12 heteroatoms. The van der Waals surface area contributed by atoms with Gasteiger partial charge in [-0.15, -0.1) is 0 Å². The monoisotopic (exact) mass is 616 g/mol. The molecule has 6 rings (SSSR count). The van der Waals surface area contributed by atoms with E-state index in [1.54, 1.807) is 47.8 Å². The van der Waals surface area contributed by atoms with Crippen molar-refractivity contribution < 1.29 is 14.4 Å². The van der Waals surface area contributed by atoms with Crippen molar-refractivity contribution in [3.63, 3.8) is 0 Å². The largest absolute Gasteiger partial charge is 0.327 e. The number of Topliss-reactive ketones (excluding diaryl/α,β-unsaturated/α-hetero) is 2. The molecule has 2 aliphatic rings. The first-order chi connectivity index (χ1) is 19.5. The molecular formula is C29H29BrN8O3. The van der Waals surface area contributed by atoms with Crippen molar-refractivity contribution in [3.05, 3.63) is 64.7 Å². The fraction of sp³-hybridized carbons (Fsp3) is 0.379. The third-order valence-corrected chi connectivity index (χ3v) is 8.35. The number of nitrogens with zero attached hydrogens (tertiary/aromatic N) is 8. The number of piperidine rings is 1. The predicted molar refractivity (Wildman–Crippen MR) is 154 cm³/mol. The van der Waals surface area contributed by atoms with E-state index in [0.29, 0.717) is 51.2 Å². The molecule has 1 amide bonds. The Morgan fingerprint density at radius 3 is 2.54 bits per heavy atom. The molecule has 1 aliphatic heterocycles. The highest BCUT2D eigenvalue weighted by Gasteiger charge is 2.64. The summed E-state index contributed by atoms with van der Waals surface area (Å²) in [5.41, 5.74) is 2.37. The number of carbonyl (C=O) groups is 3. The van der Waals surface area contributed by atoms with Crippen LogP contribution in [0, 0.1) is 5.41 Å². The minimum atomic E-state index is -0.595. The Morgan fingerprint density at radius 2 is 1.85 bits per heavy atom. The lowest BCUT2D eigenvalue weighted by Crippen LogP contribution is -2.45. The van der Waals surface area contributed by atoms with Gasteiger partial charge in [0.1, 0.15) is 28.4 Å². The number of halogens is 1. The molecule has 3 atom stereocenters. The van der Waals surface area contributed by atoms with Crippen molar-refractivity contribution in [3.8, 4) is 11.3 Å². The second-order valence-corrected chi connectivity index (χ2v) is 12.2. The van der Waals surface area contributed by atoms with Gasteiger partial charge in [-0.25, -0.2) is 15.0 Å². The first kappa shape index (κ1) is 27.3. The second kappa shape index (κ2) is 10.2. The lowest BCUT2D eigenvalue weighted by Gasteiger charge is -2.26. The van der Waals surface area contributed by atoms with Crippen LogP contribution in [0.3, 0.4) is 0 Å². The number of likely N-dealkylation sites (tertiary alicyclic amines) is 1. The van der Waals surface area contributed by atoms with Crippen LogP contribution in [0.2, 0.25) is 0 Å². The van der Waals surface area contributed by atoms with Crippen LogP contribution in [-0.4, -0.2) is 83.2 Å². The van der Waals surface area contributed by atoms with Gasteiger partial charge in [0.15, 0.2) is 5.78 Å². The number of fused-ring (bicyclic) bond motifs is 2. The Balaban J connectivity index is 1.29. The van der Waals surface area contributed by atoms with Crippen molar-refractivity contribution in [2.75, 3.05) is 14.1 Å². The Morgan fingerprint density at radius 1 is 1.10 bits per heavy atom. The van der Waals surface area contributed by atoms with Crippen LogP contribution < -0.4 is 0 Å². The van der Waals surface area contributed by atoms with Crippen LogP contribution in [0.4, 0.5) is 0 Å². The second-order valence-electron chi connectivity index (χ2n) is 11.4. The maximum atomic E-state index is 13.8. The summed E-state index contributed by atoms with van der Waals surface area (Å²) >= 11 is 3.33. The first-order valence-corrected chi connectivity index (χ1v) is 14.1. The Bertz CT molecular complexity index is 1700. The van der Waals surface area contributed by atoms with E-state index in [4.69, 9.17) is 0 Å². The number of rotatable bonds is 8. The van der Waals surface area contributed by atoms with E-state index in [1.165, 1.54) is 11.6 Å². The Kier molecular flexibility index (Phi) is 6.77. The molecule has 1 aliphatic carbocycles. The van der Waals surface area contributed by atoms with Gasteiger partial charge in [0.2, 0.25) is 11.7 Å². The highest BCUT2D eigenvalue weighted by Crippen LogP contribution is 2.59. The lowest BCUT2D eigenvalue weighted by atomic mass is 9.97. The molecule has 0 bridgehead atoms. The van der Waals surface area contributed by atoms with Crippen LogP contribution in [0.1, 0.15) is 53.5 Å². The number of aromatic nitrogens is 6. The van der Waals surface area contributed by atoms with Crippen LogP contribution in [0.25, 0.3) is 22.2 Å². The average Bonchev–Trinajstić information content (AvgIpc) is 3.30. The molecule has 0 spiro atoms. The number of pyridine rings is 2. The average molecular weight is 618 g/mol. The van der Waals surface area contributed by atoms with E-state index in [0.717, 1.165) is 6.42 Å². The molecule has 0 N–H and O–H groups in total. The van der Waals surface area contributed by atoms with Crippen LogP contribution in [0.5, 0.6) is 0 Å². The normalized spacial score (nSPS) is 21.4. The third-order valence-electron chi connectivity index (χ3n) is 7.91. The van der Waals surface area contributed by atoms with Gasteiger partial charge in [0.25, 0.3) is 0 Å². The van der Waals surface area contributed by atoms with Gasteiger partial charge in [-0.3, -0.25) is 24.0 Å². The smallest absolute Gasteiger partial charge is 0.245 e. The third kappa shape index (κ3) is 5.06. The van der Waals surface area contributed by atoms with Crippen LogP contribution >= 0.6 is 15.9 Å². The molecule has 41 heavy (non-hydrogen) atoms. The van der Waals surface area contributed by atoms with Crippen molar-refractivity contribution in [2.45, 2.75) is 51.9 Å². The molecule has 0 aromatic carbocycles. The van der Waals surface area contributed by atoms with E-state index in [-0.39, 0.29) is 41.2 Å². The van der Waals surface area contributed by atoms with Gasteiger partial charge in [-0.05, 0) is 66.5 Å². The summed E-state index contributed by atoms with van der Waals surface area (Å²) < 4.78 is 2.08. The summed E-state index contributed by atoms with van der Waals surface area (Å²) in [5.74, 6) is 0.0726. The summed E-state index contributed by atoms with van der Waals surface area (Å²) in [4.78, 5) is 61.2. The predicted octanol–water partition coefficient (Wildman–Crippen LogP) is 3.57. The summed E-state index contributed by atoms with van der Waals surface area (Å²) in [5, 5.41) is 5.11. The zero-order valence-electron chi connectivity index (χ0n) is 23.2. The summed E-state index contributed by atoms with van der Waals surface area (Å²) in [6, 6.07) is 6.37. The number of carbonyl (C=O) groups excluding carboxylic acids is 3. The molecule has 3 unspecified atom stereocenters. The molecule has 11 nitrogen and oxygen atoms in total. The van der Waals surface area contributed by atoms with Crippen molar-refractivity contribution in [2.24, 2.45) is 5.41 Å². The quantitative estimate of drug-likeness (QED) is 0.215. The minimum Gasteiger partial charge on any atom is -0.327 e. The molecule has 4 aromatic rings. The van der Waals surface area contributed by atoms with Crippen molar-refractivity contribution in [1.82, 2.24) is 39.5 Å². The Hall–Kier alpha value is -3.90. The first-order valence-electron chi connectivity index (χ1n) is 13.4. The maximum Gasteiger partial charge on any atom is 0.245 e. The molecule has 0 radical (unpaired) electrons. The highest BCUT2D eigenvalue weighted by molar-refractivity contribution is 9.10. The van der Waals surface area contributed by atoms with Crippen molar-refractivity contribution in [1.29, 1.82) is 0 Å². The highest BCUT2D eigenvalue weighted by atomic mass is 79.9. The molecule has 2 fully saturated rings. The van der Waals surface area contributed by atoms with E-state index in [2.05, 4.69) is 47.9 Å². The zero-order chi connectivity index (χ0) is 29.1. The van der Waals surface area contributed by atoms with E-state index in [9.17, 15) is 14.4 Å². The molecule has 1 saturated heterocycles. The van der Waals surface area contributed by atoms with Gasteiger partial charge in [0.05, 0.1) is 30.0 Å². The standard InChI is InChI=1S/C29H29BrN8O3/c1-16(39)27-18-8-20(17-11-32-25(33-12-17)14-36(3)4)31-13-22(18)37(35-27)15-26(40)38-21(9-29(2)10-23(29)38)28(41)19-6-5-7-24(30)34-19/h5-8,11-13,21,23H,9-10,14-15H2,1-4H3. The molecular weight excluding hydrogens is 588 g/mol. The van der Waals surface area contributed by atoms with Gasteiger partial charge in [0, 0.05) is 36.3 Å². The minimum absolute atomic E-state index is 0.00889. The topological polar surface area (TPSA) is 127 Å². The van der Waals surface area contributed by atoms with E-state index >= 15 is 0 Å². The van der Waals surface area contributed by atoms with Crippen LogP contribution in [-0.2, 0) is 17.9 Å². The summed E-state index contributed by atoms with van der Waals surface area (Å²) in [6.45, 7) is 4.06. The van der Waals surface area contributed by atoms with Gasteiger partial charge >= 0.3 is 0 Å². The lowest BCUT2D eigenvalue weighted by molar-refractivity contribution is -0.133. The fourth-order valence-corrected chi connectivity index (χ4v) is 6.09. The summed E-state index contributed by atoms with van der Waals surface area (Å²) in [7, 11) is 3.89. The van der Waals surface area contributed by atoms with Gasteiger partial charge in [-0.1, -0.05) is 13.0 Å². The van der Waals surface area contributed by atoms with E-state index < -0.39 is 6.04 Å². The number of hydrogen-bond acceptors (Lipinski definition) is 9. The van der Waals surface area contributed by atoms with E-state index in [1.807, 2.05) is 19.0 Å². The molecule has 4 aromatic heterocycles. The van der Waals surface area contributed by atoms with Crippen LogP contribution in [0.15, 0.2) is 47.5 Å². The number of hydrogen-bond donors (Lipinski definition) is 0. The van der Waals surface area contributed by atoms with Gasteiger partial charge < -0.3 is 9.80 Å². The number of ketones is 2. The molecule has 210 valence electrons. The molecule has 1 saturated carbocycles. The Labute approximate surface area is 245 Å². The summed E-state index contributed by atoms with van der Waals surface area (Å²) in [6.07, 6.45) is 6.48. The zero-order valence-corrected chi connectivity index (χ0v) is 24.8. The SMILES string of the molecule is CC(=O)c1nn(CC(=O)N2C(C(=O)c3cccc(Br)n3)CC3(C)CC23)c2cnc(-c3cnc(CN(C)C)nc3)cc12. The molecule has 5 heterocycles. The van der Waals surface area contributed by atoms with Gasteiger partial charge in [-0.2, -0.15) is 5.10 Å². The van der Waals surface area contributed by atoms with Crippen molar-refractivity contribution >= 4 is 44.3 Å². The fourth-order valence-electron chi connectivity index (χ4n) is 5.75. The maximum absolute atomic E-state index is 13.8. The number of amides is 1.